The minimum atomic E-state index is -5.83. The van der Waals surface area contributed by atoms with Gasteiger partial charge in [-0.25, -0.2) is 0 Å². The molecule has 2 fully saturated rings. The van der Waals surface area contributed by atoms with Gasteiger partial charge in [0.25, 0.3) is 0 Å². The van der Waals surface area contributed by atoms with Gasteiger partial charge in [0.15, 0.2) is 6.29 Å². The summed E-state index contributed by atoms with van der Waals surface area (Å²) in [6.45, 7) is -1.64. The van der Waals surface area contributed by atoms with Gasteiger partial charge in [0, 0.05) is 0 Å². The van der Waals surface area contributed by atoms with Crippen LogP contribution in [0.3, 0.4) is 0 Å². The summed E-state index contributed by atoms with van der Waals surface area (Å²) < 4.78 is 57.4. The van der Waals surface area contributed by atoms with Gasteiger partial charge in [-0.2, -0.15) is 0 Å². The maximum absolute atomic E-state index is 11.2. The van der Waals surface area contributed by atoms with E-state index in [2.05, 4.69) is 9.05 Å². The molecule has 17 nitrogen and oxygen atoms in total. The topological polar surface area (TPSA) is 272 Å². The average Bonchev–Trinajstić information content (AvgIpc) is 2.90. The van der Waals surface area contributed by atoms with Crippen molar-refractivity contribution in [3.05, 3.63) is 36.4 Å². The van der Waals surface area contributed by atoms with Crippen molar-refractivity contribution < 1.29 is 200 Å². The Morgan fingerprint density at radius 2 is 1.40 bits per heavy atom. The molecular weight excluding hydrogens is 690 g/mol. The molecule has 0 unspecified atom stereocenters. The number of ether oxygens (including phenoxy) is 5. The number of rotatable bonds is 10. The number of benzene rings is 2. The van der Waals surface area contributed by atoms with E-state index in [1.807, 2.05) is 6.07 Å². The molecule has 2 aliphatic heterocycles. The number of fused-ring (bicyclic) bond motifs is 1. The predicted molar refractivity (Wildman–Crippen MR) is 124 cm³/mol. The third-order valence-corrected chi connectivity index (χ3v) is 7.27. The van der Waals surface area contributed by atoms with Gasteiger partial charge < -0.3 is 81.9 Å². The second kappa shape index (κ2) is 20.3. The fourth-order valence-corrected chi connectivity index (χ4v) is 5.13. The number of aliphatic hydroxyl groups is 4. The summed E-state index contributed by atoms with van der Waals surface area (Å²) in [4.78, 5) is 44.1. The van der Waals surface area contributed by atoms with E-state index in [4.69, 9.17) is 23.7 Å². The molecule has 230 valence electrons. The number of phosphoric ester groups is 2. The van der Waals surface area contributed by atoms with Crippen molar-refractivity contribution in [2.75, 3.05) is 20.3 Å². The second-order valence-corrected chi connectivity index (χ2v) is 11.4. The van der Waals surface area contributed by atoms with Crippen molar-refractivity contribution in [2.24, 2.45) is 0 Å². The van der Waals surface area contributed by atoms with Crippen molar-refractivity contribution in [1.29, 1.82) is 0 Å². The van der Waals surface area contributed by atoms with Gasteiger partial charge in [0.2, 0.25) is 6.29 Å². The van der Waals surface area contributed by atoms with Crippen LogP contribution in [0, 0.1) is 0 Å². The van der Waals surface area contributed by atoms with E-state index in [0.717, 1.165) is 10.8 Å². The van der Waals surface area contributed by atoms with E-state index >= 15 is 0 Å². The van der Waals surface area contributed by atoms with Crippen LogP contribution in [0.4, 0.5) is 0 Å². The zero-order valence-corrected chi connectivity index (χ0v) is 34.9. The van der Waals surface area contributed by atoms with Gasteiger partial charge in [0.05, 0.1) is 36.0 Å². The Balaban J connectivity index is 0.00000484. The molecule has 23 heteroatoms. The van der Waals surface area contributed by atoms with Gasteiger partial charge in [-0.05, 0) is 35.0 Å². The number of methoxy groups -OCH3 is 1. The fourth-order valence-electron chi connectivity index (χ4n) is 4.28. The first-order chi connectivity index (χ1) is 19.1. The van der Waals surface area contributed by atoms with Crippen molar-refractivity contribution in [3.63, 3.8) is 0 Å². The van der Waals surface area contributed by atoms with Gasteiger partial charge in [0.1, 0.15) is 54.2 Å². The predicted octanol–water partition coefficient (Wildman–Crippen LogP) is -15.8. The van der Waals surface area contributed by atoms with Crippen LogP contribution in [0.25, 0.3) is 10.8 Å². The molecule has 2 aliphatic rings. The first-order valence-electron chi connectivity index (χ1n) is 11.9. The van der Waals surface area contributed by atoms with Gasteiger partial charge in [-0.1, -0.05) is 12.1 Å². The van der Waals surface area contributed by atoms with E-state index in [1.54, 1.807) is 30.3 Å². The van der Waals surface area contributed by atoms with Crippen molar-refractivity contribution in [3.8, 4) is 11.5 Å². The summed E-state index contributed by atoms with van der Waals surface area (Å²) in [5.74, 6) is 0.860. The van der Waals surface area contributed by atoms with Crippen LogP contribution in [0.2, 0.25) is 0 Å². The minimum Gasteiger partial charge on any atom is -0.790 e. The third kappa shape index (κ3) is 13.4. The van der Waals surface area contributed by atoms with Crippen molar-refractivity contribution in [1.82, 2.24) is 0 Å². The number of phosphoric acid groups is 2. The summed E-state index contributed by atoms with van der Waals surface area (Å²) in [6.07, 6.45) is -16.9. The monoisotopic (exact) mass is 716 g/mol. The maximum atomic E-state index is 11.2. The molecule has 9 atom stereocenters. The molecular formula is C22H26Na4O17P2. The Bertz CT molecular complexity index is 1300. The second-order valence-electron chi connectivity index (χ2n) is 9.13. The first-order valence-corrected chi connectivity index (χ1v) is 14.8. The van der Waals surface area contributed by atoms with Crippen LogP contribution in [0.1, 0.15) is 0 Å². The van der Waals surface area contributed by atoms with Crippen molar-refractivity contribution >= 4 is 26.4 Å². The minimum absolute atomic E-state index is 0. The fraction of sp³-hybridized carbons (Fsp3) is 0.545. The molecule has 2 saturated heterocycles. The molecule has 4 rings (SSSR count). The molecule has 0 radical (unpaired) electrons. The largest absolute Gasteiger partial charge is 1.00 e. The SMILES string of the molecule is COc1ccc2ccc(O[C@@H]3OC[C@@H](O[C@@H]4O[C@H](COP(=O)([O-])[O-])[C@H](O)[C@H](O)[C@H]4OP(=O)([O-])[O-])[C@H](O)[C@H]3O)cc2c1.[Na+].[Na+].[Na+].[Na+]. The van der Waals surface area contributed by atoms with Gasteiger partial charge >= 0.3 is 118 Å². The standard InChI is InChI=1S/C22H30O17P2.4Na/c1-33-12-4-2-10-3-5-13(7-11(10)6-12)36-21-19(26)17(24)14(8-34-21)37-22-20(39-41(30,31)32)18(25)16(23)15(38-22)9-35-40(27,28)29;;;;/h2-7,14-26H,8-9H2,1H3,(H2,27,28,29)(H2,30,31,32);;;;/q;4*+1/p-4/t14-,15-,16+,17+,18+,19-,20-,21+,22-;;;;/m1..../s1. The van der Waals surface area contributed by atoms with Crippen LogP contribution in [-0.4, -0.2) is 96.1 Å². The molecule has 4 N–H and O–H groups in total. The Morgan fingerprint density at radius 3 is 1.98 bits per heavy atom. The maximum Gasteiger partial charge on any atom is 1.00 e. The molecule has 0 spiro atoms. The summed E-state index contributed by atoms with van der Waals surface area (Å²) in [5.41, 5.74) is 0. The first kappa shape index (κ1) is 47.2. The normalized spacial score (nSPS) is 30.1. The van der Waals surface area contributed by atoms with E-state index in [0.29, 0.717) is 5.75 Å². The smallest absolute Gasteiger partial charge is 0.790 e. The van der Waals surface area contributed by atoms with Gasteiger partial charge in [-0.3, -0.25) is 0 Å². The average molecular weight is 716 g/mol. The number of hydrogen-bond donors (Lipinski definition) is 4. The molecule has 45 heavy (non-hydrogen) atoms. The molecule has 0 amide bonds. The number of aliphatic hydroxyl groups excluding tert-OH is 4. The Kier molecular flexibility index (Phi) is 21.3. The summed E-state index contributed by atoms with van der Waals surface area (Å²) in [7, 11) is -9.88. The van der Waals surface area contributed by atoms with Crippen LogP contribution >= 0.6 is 15.6 Å². The van der Waals surface area contributed by atoms with Gasteiger partial charge in [-0.15, -0.1) is 0 Å². The van der Waals surface area contributed by atoms with Crippen molar-refractivity contribution in [2.45, 2.75) is 55.3 Å². The molecule has 2 heterocycles. The zero-order chi connectivity index (χ0) is 30.1. The third-order valence-electron chi connectivity index (χ3n) is 6.31. The molecule has 0 aliphatic carbocycles. The van der Waals surface area contributed by atoms with Crippen LogP contribution in [0.15, 0.2) is 36.4 Å². The van der Waals surface area contributed by atoms with E-state index in [-0.39, 0.29) is 124 Å². The summed E-state index contributed by atoms with van der Waals surface area (Å²) >= 11 is 0. The Hall–Kier alpha value is 2.24. The summed E-state index contributed by atoms with van der Waals surface area (Å²) in [6, 6.07) is 10.3. The van der Waals surface area contributed by atoms with E-state index < -0.39 is 84.2 Å². The summed E-state index contributed by atoms with van der Waals surface area (Å²) in [5, 5.41) is 43.5. The van der Waals surface area contributed by atoms with Crippen LogP contribution in [-0.2, 0) is 32.4 Å². The molecule has 0 bridgehead atoms. The van der Waals surface area contributed by atoms with Crippen LogP contribution < -0.4 is 147 Å². The van der Waals surface area contributed by atoms with E-state index in [9.17, 15) is 49.1 Å². The Morgan fingerprint density at radius 1 is 0.800 bits per heavy atom. The molecule has 2 aromatic rings. The quantitative estimate of drug-likeness (QED) is 0.131. The zero-order valence-electron chi connectivity index (χ0n) is 25.1. The molecule has 0 aromatic heterocycles. The molecule has 2 aromatic carbocycles. The number of hydrogen-bond acceptors (Lipinski definition) is 17. The van der Waals surface area contributed by atoms with E-state index in [1.165, 1.54) is 7.11 Å². The van der Waals surface area contributed by atoms with Crippen LogP contribution in [0.5, 0.6) is 11.5 Å². The molecule has 0 saturated carbocycles. The Labute approximate surface area is 345 Å².